The van der Waals surface area contributed by atoms with Crippen LogP contribution in [-0.4, -0.2) is 20.8 Å². The van der Waals surface area contributed by atoms with E-state index in [0.29, 0.717) is 6.61 Å². The third kappa shape index (κ3) is 18.0. The van der Waals surface area contributed by atoms with E-state index in [1.807, 2.05) is 0 Å². The van der Waals surface area contributed by atoms with Crippen LogP contribution in [0.1, 0.15) is 58.3 Å². The minimum absolute atomic E-state index is 0.379. The highest BCUT2D eigenvalue weighted by molar-refractivity contribution is 7.48. The molecule has 0 amide bonds. The fourth-order valence-corrected chi connectivity index (χ4v) is 2.80. The van der Waals surface area contributed by atoms with Crippen molar-refractivity contribution in [1.82, 2.24) is 0 Å². The van der Waals surface area contributed by atoms with Gasteiger partial charge in [0.1, 0.15) is 0 Å². The van der Waals surface area contributed by atoms with Crippen LogP contribution in [0, 0.1) is 0 Å². The van der Waals surface area contributed by atoms with Crippen molar-refractivity contribution in [2.24, 2.45) is 0 Å². The fraction of sp³-hybridized carbons (Fsp3) is 0.545. The number of hydrogen-bond acceptors (Lipinski definition) is 4. The summed E-state index contributed by atoms with van der Waals surface area (Å²) in [5.74, 6) is 0. The highest BCUT2D eigenvalue weighted by atomic mass is 31.2. The normalized spacial score (nSPS) is 13.4. The van der Waals surface area contributed by atoms with E-state index in [1.54, 1.807) is 0 Å². The second-order valence-electron chi connectivity index (χ2n) is 5.85. The highest BCUT2D eigenvalue weighted by Crippen LogP contribution is 2.47. The third-order valence-corrected chi connectivity index (χ3v) is 5.01. The Bertz CT molecular complexity index is 510. The van der Waals surface area contributed by atoms with Gasteiger partial charge in [-0.3, -0.25) is 13.6 Å². The van der Waals surface area contributed by atoms with Crippen LogP contribution in [0.25, 0.3) is 0 Å². The monoisotopic (exact) mass is 396 g/mol. The second-order valence-corrected chi connectivity index (χ2v) is 7.73. The molecule has 0 heterocycles. The van der Waals surface area contributed by atoms with Gasteiger partial charge in [0.15, 0.2) is 0 Å². The van der Waals surface area contributed by atoms with Gasteiger partial charge in [0, 0.05) is 14.2 Å². The van der Waals surface area contributed by atoms with E-state index in [9.17, 15) is 4.57 Å². The molecule has 0 aromatic heterocycles. The molecule has 0 aromatic rings. The van der Waals surface area contributed by atoms with Crippen molar-refractivity contribution in [3.8, 4) is 0 Å². The average Bonchev–Trinajstić information content (AvgIpc) is 2.69. The Hall–Kier alpha value is -1.19. The predicted molar refractivity (Wildman–Crippen MR) is 116 cm³/mol. The Labute approximate surface area is 166 Å². The van der Waals surface area contributed by atoms with Gasteiger partial charge in [0.25, 0.3) is 0 Å². The van der Waals surface area contributed by atoms with E-state index < -0.39 is 7.82 Å². The van der Waals surface area contributed by atoms with Crippen LogP contribution >= 0.6 is 7.82 Å². The lowest BCUT2D eigenvalue weighted by Gasteiger charge is -2.12. The van der Waals surface area contributed by atoms with E-state index in [1.165, 1.54) is 14.2 Å². The van der Waals surface area contributed by atoms with Gasteiger partial charge >= 0.3 is 7.82 Å². The molecule has 0 unspecified atom stereocenters. The Morgan fingerprint density at radius 3 is 1.56 bits per heavy atom. The molecular formula is C22H37O4P. The topological polar surface area (TPSA) is 44.8 Å². The van der Waals surface area contributed by atoms with Crippen LogP contribution in [0.4, 0.5) is 0 Å². The number of hydrogen-bond donors (Lipinski definition) is 0. The zero-order chi connectivity index (χ0) is 20.1. The lowest BCUT2D eigenvalue weighted by atomic mass is 10.2. The van der Waals surface area contributed by atoms with Crippen LogP contribution < -0.4 is 0 Å². The lowest BCUT2D eigenvalue weighted by Crippen LogP contribution is -1.96. The van der Waals surface area contributed by atoms with Crippen LogP contribution in [0.3, 0.4) is 0 Å². The van der Waals surface area contributed by atoms with Gasteiger partial charge in [-0.1, -0.05) is 67.7 Å². The molecule has 0 atom stereocenters. The molecule has 0 aliphatic carbocycles. The first-order chi connectivity index (χ1) is 13.2. The SMILES string of the molecule is CC/C=C/C/C=C/C/C=C/C/C=C/C/C=C/CCCCOP(=O)(OC)OC. The van der Waals surface area contributed by atoms with Gasteiger partial charge in [-0.25, -0.2) is 4.57 Å². The molecule has 0 aliphatic heterocycles. The number of phosphoric ester groups is 1. The maximum atomic E-state index is 11.6. The second kappa shape index (κ2) is 19.6. The fourth-order valence-electron chi connectivity index (χ4n) is 2.09. The van der Waals surface area contributed by atoms with Gasteiger partial charge < -0.3 is 0 Å². The summed E-state index contributed by atoms with van der Waals surface area (Å²) in [5.41, 5.74) is 0. The van der Waals surface area contributed by atoms with Crippen molar-refractivity contribution in [1.29, 1.82) is 0 Å². The third-order valence-electron chi connectivity index (χ3n) is 3.62. The molecule has 5 heteroatoms. The molecule has 0 aromatic carbocycles. The van der Waals surface area contributed by atoms with Gasteiger partial charge in [-0.2, -0.15) is 0 Å². The first-order valence-electron chi connectivity index (χ1n) is 9.79. The molecule has 0 aliphatic rings. The minimum Gasteiger partial charge on any atom is -0.290 e. The zero-order valence-electron chi connectivity index (χ0n) is 17.2. The van der Waals surface area contributed by atoms with E-state index in [-0.39, 0.29) is 0 Å². The van der Waals surface area contributed by atoms with Crippen LogP contribution in [0.2, 0.25) is 0 Å². The van der Waals surface area contributed by atoms with Crippen LogP contribution in [0.15, 0.2) is 60.8 Å². The first kappa shape index (κ1) is 25.8. The van der Waals surface area contributed by atoms with Crippen molar-refractivity contribution in [2.75, 3.05) is 20.8 Å². The molecule has 0 N–H and O–H groups in total. The summed E-state index contributed by atoms with van der Waals surface area (Å²) in [5, 5.41) is 0. The number of allylic oxidation sites excluding steroid dienone is 10. The molecular weight excluding hydrogens is 359 g/mol. The largest absolute Gasteiger partial charge is 0.474 e. The first-order valence-corrected chi connectivity index (χ1v) is 11.3. The maximum Gasteiger partial charge on any atom is 0.474 e. The van der Waals surface area contributed by atoms with E-state index in [4.69, 9.17) is 13.6 Å². The Balaban J connectivity index is 3.54. The van der Waals surface area contributed by atoms with Crippen LogP contribution in [0.5, 0.6) is 0 Å². The van der Waals surface area contributed by atoms with Crippen molar-refractivity contribution in [2.45, 2.75) is 58.3 Å². The van der Waals surface area contributed by atoms with Crippen molar-refractivity contribution in [3.63, 3.8) is 0 Å². The summed E-state index contributed by atoms with van der Waals surface area (Å²) in [6.45, 7) is 2.53. The number of rotatable bonds is 17. The standard InChI is InChI=1S/C22H37O4P/c1-4-5-6-7-8-9-10-11-12-13-14-15-16-17-18-19-20-21-22-26-27(23,24-2)25-3/h5-6,8-9,11-12,14-15,17-18H,4,7,10,13,16,19-22H2,1-3H3/b6-5+,9-8+,12-11+,15-14+,18-17+. The summed E-state index contributed by atoms with van der Waals surface area (Å²) in [4.78, 5) is 0. The summed E-state index contributed by atoms with van der Waals surface area (Å²) < 4.78 is 26.2. The molecule has 0 bridgehead atoms. The smallest absolute Gasteiger partial charge is 0.290 e. The van der Waals surface area contributed by atoms with Gasteiger partial charge in [-0.15, -0.1) is 0 Å². The quantitative estimate of drug-likeness (QED) is 0.147. The molecule has 0 saturated carbocycles. The predicted octanol–water partition coefficient (Wildman–Crippen LogP) is 7.33. The van der Waals surface area contributed by atoms with Gasteiger partial charge in [0.2, 0.25) is 0 Å². The lowest BCUT2D eigenvalue weighted by molar-refractivity contribution is 0.150. The average molecular weight is 397 g/mol. The van der Waals surface area contributed by atoms with Crippen molar-refractivity contribution >= 4 is 7.82 Å². The Morgan fingerprint density at radius 2 is 1.11 bits per heavy atom. The minimum atomic E-state index is -3.31. The van der Waals surface area contributed by atoms with Gasteiger partial charge in [-0.05, 0) is 51.4 Å². The van der Waals surface area contributed by atoms with Crippen molar-refractivity contribution in [3.05, 3.63) is 60.8 Å². The Kier molecular flexibility index (Phi) is 18.7. The van der Waals surface area contributed by atoms with E-state index in [0.717, 1.165) is 51.4 Å². The summed E-state index contributed by atoms with van der Waals surface area (Å²) in [6.07, 6.45) is 29.8. The Morgan fingerprint density at radius 1 is 0.667 bits per heavy atom. The summed E-state index contributed by atoms with van der Waals surface area (Å²) in [6, 6.07) is 0. The molecule has 154 valence electrons. The molecule has 0 radical (unpaired) electrons. The molecule has 0 rings (SSSR count). The van der Waals surface area contributed by atoms with Crippen molar-refractivity contribution < 1.29 is 18.1 Å². The van der Waals surface area contributed by atoms with Crippen LogP contribution in [-0.2, 0) is 18.1 Å². The van der Waals surface area contributed by atoms with E-state index in [2.05, 4.69) is 67.7 Å². The molecule has 4 nitrogen and oxygen atoms in total. The maximum absolute atomic E-state index is 11.6. The molecule has 0 fully saturated rings. The van der Waals surface area contributed by atoms with Gasteiger partial charge in [0.05, 0.1) is 6.61 Å². The zero-order valence-corrected chi connectivity index (χ0v) is 18.1. The molecule has 0 spiro atoms. The number of phosphoric acid groups is 1. The molecule has 0 saturated heterocycles. The molecule has 27 heavy (non-hydrogen) atoms. The highest BCUT2D eigenvalue weighted by Gasteiger charge is 2.21. The summed E-state index contributed by atoms with van der Waals surface area (Å²) >= 11 is 0. The summed E-state index contributed by atoms with van der Waals surface area (Å²) in [7, 11) is -0.672. The number of unbranched alkanes of at least 4 members (excludes halogenated alkanes) is 2. The van der Waals surface area contributed by atoms with E-state index >= 15 is 0 Å².